The molecule has 0 aliphatic heterocycles. The van der Waals surface area contributed by atoms with Crippen LogP contribution >= 0.6 is 11.3 Å². The van der Waals surface area contributed by atoms with Crippen LogP contribution < -0.4 is 5.32 Å². The molecule has 20 heavy (non-hydrogen) atoms. The molecule has 110 valence electrons. The van der Waals surface area contributed by atoms with Crippen molar-refractivity contribution in [2.45, 2.75) is 31.5 Å². The molecule has 1 aromatic heterocycles. The maximum Gasteiger partial charge on any atom is 0.389 e. The smallest absolute Gasteiger partial charge is 0.312 e. The number of hydrogen-bond donors (Lipinski definition) is 1. The second kappa shape index (κ2) is 6.10. The summed E-state index contributed by atoms with van der Waals surface area (Å²) in [4.78, 5) is 0.940. The lowest BCUT2D eigenvalue weighted by atomic mass is 10.1. The van der Waals surface area contributed by atoms with Gasteiger partial charge in [0.15, 0.2) is 0 Å². The van der Waals surface area contributed by atoms with E-state index in [2.05, 4.69) is 5.32 Å². The molecule has 0 amide bonds. The normalized spacial score (nSPS) is 13.8. The first-order valence-electron chi connectivity index (χ1n) is 6.32. The number of benzene rings is 1. The van der Waals surface area contributed by atoms with Crippen LogP contribution in [0.15, 0.2) is 24.3 Å². The van der Waals surface area contributed by atoms with Crippen LogP contribution in [0.2, 0.25) is 0 Å². The lowest BCUT2D eigenvalue weighted by molar-refractivity contribution is -0.135. The van der Waals surface area contributed by atoms with Crippen molar-refractivity contribution in [3.63, 3.8) is 0 Å². The summed E-state index contributed by atoms with van der Waals surface area (Å²) in [5.74, 6) is -0.302. The minimum atomic E-state index is -4.11. The first kappa shape index (κ1) is 15.3. The van der Waals surface area contributed by atoms with Gasteiger partial charge in [-0.1, -0.05) is 6.07 Å². The van der Waals surface area contributed by atoms with E-state index in [4.69, 9.17) is 0 Å². The highest BCUT2D eigenvalue weighted by molar-refractivity contribution is 7.19. The molecule has 0 fully saturated rings. The number of nitrogens with one attached hydrogen (secondary N) is 1. The molecule has 1 N–H and O–H groups in total. The summed E-state index contributed by atoms with van der Waals surface area (Å²) < 4.78 is 50.4. The van der Waals surface area contributed by atoms with Crippen LogP contribution in [0.1, 0.15) is 30.2 Å². The fourth-order valence-electron chi connectivity index (χ4n) is 2.13. The molecule has 6 heteroatoms. The number of rotatable bonds is 5. The van der Waals surface area contributed by atoms with E-state index in [1.54, 1.807) is 13.1 Å². The molecule has 1 unspecified atom stereocenters. The Kier molecular flexibility index (Phi) is 4.65. The summed E-state index contributed by atoms with van der Waals surface area (Å²) >= 11 is 1.42. The zero-order valence-electron chi connectivity index (χ0n) is 10.9. The average Bonchev–Trinajstić information content (AvgIpc) is 2.75. The number of fused-ring (bicyclic) bond motifs is 1. The van der Waals surface area contributed by atoms with Crippen molar-refractivity contribution in [1.29, 1.82) is 0 Å². The maximum absolute atomic E-state index is 13.1. The molecule has 2 aromatic rings. The Hall–Kier alpha value is -1.14. The van der Waals surface area contributed by atoms with Crippen LogP contribution in [0.25, 0.3) is 10.1 Å². The highest BCUT2D eigenvalue weighted by Gasteiger charge is 2.27. The Labute approximate surface area is 118 Å². The third kappa shape index (κ3) is 3.93. The lowest BCUT2D eigenvalue weighted by Crippen LogP contribution is -2.16. The van der Waals surface area contributed by atoms with Gasteiger partial charge in [-0.25, -0.2) is 4.39 Å². The van der Waals surface area contributed by atoms with Gasteiger partial charge in [0.05, 0.1) is 0 Å². The van der Waals surface area contributed by atoms with Gasteiger partial charge < -0.3 is 5.32 Å². The molecule has 0 bridgehead atoms. The van der Waals surface area contributed by atoms with E-state index in [1.807, 2.05) is 6.07 Å². The van der Waals surface area contributed by atoms with Crippen molar-refractivity contribution >= 4 is 21.4 Å². The molecule has 0 saturated heterocycles. The van der Waals surface area contributed by atoms with Gasteiger partial charge in [-0.15, -0.1) is 11.3 Å². The van der Waals surface area contributed by atoms with Gasteiger partial charge in [0.2, 0.25) is 0 Å². The fraction of sp³-hybridized carbons (Fsp3) is 0.429. The second-order valence-corrected chi connectivity index (χ2v) is 5.79. The van der Waals surface area contributed by atoms with E-state index >= 15 is 0 Å². The van der Waals surface area contributed by atoms with Gasteiger partial charge in [-0.05, 0) is 43.5 Å². The molecule has 1 atom stereocenters. The van der Waals surface area contributed by atoms with Gasteiger partial charge in [0, 0.05) is 22.0 Å². The molecule has 2 rings (SSSR count). The highest BCUT2D eigenvalue weighted by atomic mass is 32.1. The molecule has 1 nitrogen and oxygen atoms in total. The van der Waals surface area contributed by atoms with Crippen molar-refractivity contribution in [2.75, 3.05) is 7.05 Å². The fourth-order valence-corrected chi connectivity index (χ4v) is 3.37. The Balaban J connectivity index is 2.09. The van der Waals surface area contributed by atoms with E-state index in [1.165, 1.54) is 23.5 Å². The first-order chi connectivity index (χ1) is 9.39. The second-order valence-electron chi connectivity index (χ2n) is 4.68. The maximum atomic E-state index is 13.1. The van der Waals surface area contributed by atoms with Crippen LogP contribution in [0.3, 0.4) is 0 Å². The molecular weight excluding hydrogens is 290 g/mol. The third-order valence-corrected chi connectivity index (χ3v) is 4.36. The van der Waals surface area contributed by atoms with Crippen LogP contribution in [0.5, 0.6) is 0 Å². The highest BCUT2D eigenvalue weighted by Crippen LogP contribution is 2.33. The van der Waals surface area contributed by atoms with Gasteiger partial charge in [0.1, 0.15) is 5.82 Å². The summed E-state index contributed by atoms with van der Waals surface area (Å²) in [7, 11) is 1.73. The van der Waals surface area contributed by atoms with Crippen molar-refractivity contribution in [3.05, 3.63) is 35.0 Å². The topological polar surface area (TPSA) is 12.0 Å². The van der Waals surface area contributed by atoms with Crippen molar-refractivity contribution in [3.8, 4) is 0 Å². The van der Waals surface area contributed by atoms with Crippen LogP contribution in [0.4, 0.5) is 17.6 Å². The Morgan fingerprint density at radius 1 is 1.25 bits per heavy atom. The SMILES string of the molecule is CNC(CCCC(F)(F)F)c1cc2ccc(F)cc2s1. The zero-order valence-corrected chi connectivity index (χ0v) is 11.7. The van der Waals surface area contributed by atoms with Gasteiger partial charge in [-0.3, -0.25) is 0 Å². The molecule has 1 heterocycles. The molecule has 0 aliphatic rings. The summed E-state index contributed by atoms with van der Waals surface area (Å²) in [5, 5.41) is 3.95. The number of hydrogen-bond acceptors (Lipinski definition) is 2. The monoisotopic (exact) mass is 305 g/mol. The zero-order chi connectivity index (χ0) is 14.8. The summed E-state index contributed by atoms with van der Waals surface area (Å²) in [6.07, 6.45) is -4.39. The third-order valence-electron chi connectivity index (χ3n) is 3.15. The van der Waals surface area contributed by atoms with E-state index < -0.39 is 12.6 Å². The summed E-state index contributed by atoms with van der Waals surface area (Å²) in [6, 6.07) is 6.31. The van der Waals surface area contributed by atoms with Crippen molar-refractivity contribution in [1.82, 2.24) is 5.32 Å². The molecule has 0 radical (unpaired) electrons. The van der Waals surface area contributed by atoms with E-state index in [0.717, 1.165) is 15.0 Å². The minimum absolute atomic E-state index is 0.0810. The van der Waals surface area contributed by atoms with Gasteiger partial charge in [-0.2, -0.15) is 13.2 Å². The quantitative estimate of drug-likeness (QED) is 0.764. The lowest BCUT2D eigenvalue weighted by Gasteiger charge is -2.14. The molecule has 0 spiro atoms. The van der Waals surface area contributed by atoms with Crippen LogP contribution in [-0.2, 0) is 0 Å². The van der Waals surface area contributed by atoms with Crippen molar-refractivity contribution in [2.24, 2.45) is 0 Å². The van der Waals surface area contributed by atoms with E-state index in [0.29, 0.717) is 6.42 Å². The largest absolute Gasteiger partial charge is 0.389 e. The summed E-state index contributed by atoms with van der Waals surface area (Å²) in [5.41, 5.74) is 0. The number of alkyl halides is 3. The molecule has 0 saturated carbocycles. The Morgan fingerprint density at radius 2 is 2.00 bits per heavy atom. The predicted octanol–water partition coefficient (Wildman–Crippen LogP) is 5.03. The standard InChI is InChI=1S/C14H15F4NS/c1-19-11(3-2-6-14(16,17)18)13-7-9-4-5-10(15)8-12(9)20-13/h4-5,7-8,11,19H,2-3,6H2,1H3. The van der Waals surface area contributed by atoms with E-state index in [9.17, 15) is 17.6 Å². The number of halogens is 4. The molecule has 0 aliphatic carbocycles. The van der Waals surface area contributed by atoms with Crippen LogP contribution in [0, 0.1) is 5.82 Å². The molecular formula is C14H15F4NS. The summed E-state index contributed by atoms with van der Waals surface area (Å²) in [6.45, 7) is 0. The number of thiophene rings is 1. The average molecular weight is 305 g/mol. The van der Waals surface area contributed by atoms with Gasteiger partial charge in [0.25, 0.3) is 0 Å². The predicted molar refractivity (Wildman–Crippen MR) is 73.5 cm³/mol. The Morgan fingerprint density at radius 3 is 2.65 bits per heavy atom. The van der Waals surface area contributed by atoms with Crippen LogP contribution in [-0.4, -0.2) is 13.2 Å². The van der Waals surface area contributed by atoms with E-state index in [-0.39, 0.29) is 18.3 Å². The first-order valence-corrected chi connectivity index (χ1v) is 7.14. The molecule has 1 aromatic carbocycles. The minimum Gasteiger partial charge on any atom is -0.312 e. The Bertz CT molecular complexity index is 576. The van der Waals surface area contributed by atoms with Gasteiger partial charge >= 0.3 is 6.18 Å². The van der Waals surface area contributed by atoms with Crippen molar-refractivity contribution < 1.29 is 17.6 Å².